The highest BCUT2D eigenvalue weighted by atomic mass is 32.1. The summed E-state index contributed by atoms with van der Waals surface area (Å²) in [6.45, 7) is 13.1. The predicted molar refractivity (Wildman–Crippen MR) is 365 cm³/mol. The lowest BCUT2D eigenvalue weighted by Crippen LogP contribution is -2.09. The van der Waals surface area contributed by atoms with Crippen LogP contribution in [0.15, 0.2) is 121 Å². The Kier molecular flexibility index (Phi) is 20.1. The molecule has 0 saturated carbocycles. The van der Waals surface area contributed by atoms with E-state index < -0.39 is 5.97 Å². The highest BCUT2D eigenvalue weighted by Crippen LogP contribution is 2.59. The summed E-state index contributed by atoms with van der Waals surface area (Å²) in [5.41, 5.74) is 17.3. The van der Waals surface area contributed by atoms with Crippen molar-refractivity contribution in [3.63, 3.8) is 0 Å². The van der Waals surface area contributed by atoms with E-state index in [-0.39, 0.29) is 5.57 Å². The number of para-hydroxylation sites is 3. The van der Waals surface area contributed by atoms with Crippen molar-refractivity contribution in [2.24, 2.45) is 0 Å². The van der Waals surface area contributed by atoms with Gasteiger partial charge in [0.2, 0.25) is 0 Å². The minimum Gasteiger partial charge on any atom is -0.477 e. The summed E-state index contributed by atoms with van der Waals surface area (Å²) in [5, 5.41) is 24.6. The molecule has 0 bridgehead atoms. The van der Waals surface area contributed by atoms with E-state index in [1.165, 1.54) is 245 Å². The molecule has 0 atom stereocenters. The molecule has 0 aliphatic heterocycles. The lowest BCUT2D eigenvalue weighted by Gasteiger charge is -2.23. The topological polar surface area (TPSA) is 80.8 Å². The summed E-state index contributed by atoms with van der Waals surface area (Å²) in [6.07, 6.45) is 31.2. The van der Waals surface area contributed by atoms with Gasteiger partial charge in [0.15, 0.2) is 0 Å². The van der Waals surface area contributed by atoms with Crippen LogP contribution < -0.4 is 0 Å². The van der Waals surface area contributed by atoms with E-state index in [1.807, 2.05) is 12.1 Å². The van der Waals surface area contributed by atoms with Crippen LogP contribution in [0.2, 0.25) is 0 Å². The molecule has 11 rings (SSSR count). The van der Waals surface area contributed by atoms with Gasteiger partial charge < -0.3 is 23.4 Å². The smallest absolute Gasteiger partial charge is 0.346 e. The van der Waals surface area contributed by atoms with Gasteiger partial charge >= 0.3 is 5.97 Å². The zero-order valence-electron chi connectivity index (χ0n) is 51.3. The molecule has 4 aromatic carbocycles. The van der Waals surface area contributed by atoms with Crippen molar-refractivity contribution in [1.82, 2.24) is 18.3 Å². The number of thiophene rings is 2. The minimum atomic E-state index is -1.21. The Bertz CT molecular complexity index is 3980. The Morgan fingerprint density at radius 1 is 0.412 bits per heavy atom. The SMILES string of the molecule is CCCCCCCCn1c2c(c3ccccc31)-c1c(c3ccccc3n1CCCCCCCC)-c1c(c3cc(-c4ccc(-c5ccc(/C=C(/C#N)C(=O)O)s5)s4)ccc3n1CCCCCCCC)-c1c-2c2ccccc2n1CCCCCCCC. The number of aromatic nitrogens is 4. The van der Waals surface area contributed by atoms with E-state index in [4.69, 9.17) is 0 Å². The van der Waals surface area contributed by atoms with Crippen LogP contribution in [0.25, 0.3) is 115 Å². The van der Waals surface area contributed by atoms with Gasteiger partial charge in [0.1, 0.15) is 11.6 Å². The Morgan fingerprint density at radius 2 is 0.753 bits per heavy atom. The van der Waals surface area contributed by atoms with Gasteiger partial charge in [0.05, 0.1) is 22.8 Å². The first kappa shape index (κ1) is 59.9. The van der Waals surface area contributed by atoms with E-state index in [1.54, 1.807) is 11.3 Å². The largest absolute Gasteiger partial charge is 0.477 e. The molecule has 0 unspecified atom stereocenters. The third kappa shape index (κ3) is 12.4. The molecule has 6 heterocycles. The number of nitriles is 1. The Morgan fingerprint density at radius 3 is 1.15 bits per heavy atom. The summed E-state index contributed by atoms with van der Waals surface area (Å²) in [4.78, 5) is 15.9. The summed E-state index contributed by atoms with van der Waals surface area (Å²) < 4.78 is 11.2. The van der Waals surface area contributed by atoms with Gasteiger partial charge in [-0.25, -0.2) is 4.79 Å². The quantitative estimate of drug-likeness (QED) is 0.0259. The fourth-order valence-corrected chi connectivity index (χ4v) is 16.1. The molecule has 0 spiro atoms. The molecule has 6 aromatic heterocycles. The molecule has 85 heavy (non-hydrogen) atoms. The third-order valence-electron chi connectivity index (χ3n) is 18.3. The lowest BCUT2D eigenvalue weighted by molar-refractivity contribution is -0.132. The standard InChI is InChI=1S/C76H89N5O2S2/c1-5-9-13-17-21-31-47-78-61-38-28-25-35-57(61)68-72(78)69-59-37-27-30-40-63(59)80(49-33-23-19-15-11-7-3)74(69)71-60-52-54(65-45-46-67(85-65)66-44-42-56(84-66)51-55(53-77)76(82)83)41-43-64(60)81(50-34-24-20-16-12-8-4)75(71)70-58-36-26-29-39-62(58)79(73(68)70)48-32-22-18-14-10-6-2/h25-30,35-46,51-52H,5-24,31-34,47-50H2,1-4H3,(H,82,83)/b55-51-,72-69?,73-68?,74-71?,75-70?. The monoisotopic (exact) mass is 1170 g/mol. The van der Waals surface area contributed by atoms with Crippen LogP contribution in [0.4, 0.5) is 0 Å². The average molecular weight is 1170 g/mol. The van der Waals surface area contributed by atoms with Gasteiger partial charge in [0, 0.05) is 112 Å². The van der Waals surface area contributed by atoms with Gasteiger partial charge in [-0.1, -0.05) is 217 Å². The lowest BCUT2D eigenvalue weighted by atomic mass is 9.88. The molecule has 1 aliphatic carbocycles. The first-order chi connectivity index (χ1) is 41.9. The number of aryl methyl sites for hydroxylation is 4. The number of benzene rings is 4. The number of hydrogen-bond donors (Lipinski definition) is 1. The second kappa shape index (κ2) is 28.6. The van der Waals surface area contributed by atoms with Crippen molar-refractivity contribution in [3.8, 4) is 71.3 Å². The number of unbranched alkanes of at least 4 members (excludes halogenated alkanes) is 20. The zero-order valence-corrected chi connectivity index (χ0v) is 52.9. The molecule has 1 aliphatic rings. The van der Waals surface area contributed by atoms with Crippen molar-refractivity contribution in [2.75, 3.05) is 0 Å². The summed E-state index contributed by atoms with van der Waals surface area (Å²) in [7, 11) is 0. The highest BCUT2D eigenvalue weighted by Gasteiger charge is 2.38. The fourth-order valence-electron chi connectivity index (χ4n) is 14.0. The number of carbonyl (C=O) groups is 1. The van der Waals surface area contributed by atoms with E-state index in [0.29, 0.717) is 0 Å². The van der Waals surface area contributed by atoms with Crippen molar-refractivity contribution in [1.29, 1.82) is 5.26 Å². The van der Waals surface area contributed by atoms with Crippen molar-refractivity contribution >= 4 is 78.3 Å². The third-order valence-corrected chi connectivity index (χ3v) is 20.6. The van der Waals surface area contributed by atoms with Crippen LogP contribution >= 0.6 is 22.7 Å². The normalized spacial score (nSPS) is 12.3. The van der Waals surface area contributed by atoms with E-state index in [2.05, 4.69) is 155 Å². The van der Waals surface area contributed by atoms with Gasteiger partial charge in [-0.15, -0.1) is 22.7 Å². The van der Waals surface area contributed by atoms with Crippen LogP contribution in [-0.4, -0.2) is 29.3 Å². The first-order valence-electron chi connectivity index (χ1n) is 33.0. The highest BCUT2D eigenvalue weighted by molar-refractivity contribution is 7.24. The maximum Gasteiger partial charge on any atom is 0.346 e. The molecule has 0 saturated heterocycles. The number of fused-ring (bicyclic) bond motifs is 16. The molecule has 9 heteroatoms. The van der Waals surface area contributed by atoms with Gasteiger partial charge in [0.25, 0.3) is 0 Å². The van der Waals surface area contributed by atoms with E-state index >= 15 is 0 Å². The van der Waals surface area contributed by atoms with Crippen LogP contribution in [0, 0.1) is 11.3 Å². The molecule has 1 N–H and O–H groups in total. The number of carboxylic acids is 1. The number of aliphatic carboxylic acids is 1. The molecule has 7 nitrogen and oxygen atoms in total. The van der Waals surface area contributed by atoms with E-state index in [0.717, 1.165) is 66.5 Å². The molecule has 0 radical (unpaired) electrons. The summed E-state index contributed by atoms with van der Waals surface area (Å²) in [5.74, 6) is -1.21. The molecular weight excluding hydrogens is 1080 g/mol. The maximum atomic E-state index is 11.8. The second-order valence-electron chi connectivity index (χ2n) is 24.2. The summed E-state index contributed by atoms with van der Waals surface area (Å²) >= 11 is 3.31. The maximum absolute atomic E-state index is 11.8. The van der Waals surface area contributed by atoms with Gasteiger partial charge in [-0.3, -0.25) is 0 Å². The summed E-state index contributed by atoms with van der Waals surface area (Å²) in [6, 6.07) is 46.1. The van der Waals surface area contributed by atoms with Crippen LogP contribution in [0.5, 0.6) is 0 Å². The molecule has 442 valence electrons. The molecule has 0 amide bonds. The van der Waals surface area contributed by atoms with Crippen LogP contribution in [0.3, 0.4) is 0 Å². The predicted octanol–water partition coefficient (Wildman–Crippen LogP) is 23.4. The van der Waals surface area contributed by atoms with Crippen LogP contribution in [0.1, 0.15) is 187 Å². The zero-order chi connectivity index (χ0) is 58.7. The number of hydrogen-bond acceptors (Lipinski definition) is 4. The van der Waals surface area contributed by atoms with Crippen molar-refractivity contribution in [2.45, 2.75) is 208 Å². The van der Waals surface area contributed by atoms with Crippen molar-refractivity contribution in [3.05, 3.63) is 126 Å². The van der Waals surface area contributed by atoms with Gasteiger partial charge in [-0.05, 0) is 91.9 Å². The molecule has 10 aromatic rings. The minimum absolute atomic E-state index is 0.258. The molecule has 0 fully saturated rings. The number of carboxylic acid groups (broad SMARTS) is 1. The first-order valence-corrected chi connectivity index (χ1v) is 34.6. The Labute approximate surface area is 513 Å². The molecular formula is C76H89N5O2S2. The average Bonchev–Trinajstić information content (AvgIpc) is 1.55. The van der Waals surface area contributed by atoms with Crippen LogP contribution in [-0.2, 0) is 31.0 Å². The fraction of sp³-hybridized carbons (Fsp3) is 0.421. The van der Waals surface area contributed by atoms with Gasteiger partial charge in [-0.2, -0.15) is 5.26 Å². The number of rotatable bonds is 32. The number of nitrogens with zero attached hydrogens (tertiary/aromatic N) is 5. The van der Waals surface area contributed by atoms with Crippen molar-refractivity contribution < 1.29 is 9.90 Å². The van der Waals surface area contributed by atoms with E-state index in [9.17, 15) is 15.2 Å². The Balaban J connectivity index is 1.22. The Hall–Kier alpha value is -6.86. The second-order valence-corrected chi connectivity index (χ2v) is 26.4.